The van der Waals surface area contributed by atoms with Crippen molar-refractivity contribution in [1.82, 2.24) is 5.32 Å². The second kappa shape index (κ2) is 14.6. The highest BCUT2D eigenvalue weighted by Gasteiger charge is 2.62. The second-order valence-electron chi connectivity index (χ2n) is 11.7. The second-order valence-corrected chi connectivity index (χ2v) is 11.7. The van der Waals surface area contributed by atoms with Crippen LogP contribution in [0.5, 0.6) is 0 Å². The van der Waals surface area contributed by atoms with E-state index in [4.69, 9.17) is 18.9 Å². The van der Waals surface area contributed by atoms with Gasteiger partial charge in [-0.05, 0) is 43.9 Å². The number of benzene rings is 3. The Morgan fingerprint density at radius 3 is 1.63 bits per heavy atom. The number of carbonyl (C=O) groups is 2. The van der Waals surface area contributed by atoms with Crippen LogP contribution in [0, 0.1) is 0 Å². The van der Waals surface area contributed by atoms with E-state index >= 15 is 0 Å². The topological polar surface area (TPSA) is 124 Å². The summed E-state index contributed by atoms with van der Waals surface area (Å²) in [5.41, 5.74) is -0.0661. The summed E-state index contributed by atoms with van der Waals surface area (Å²) in [6.07, 6.45) is -4.23. The molecule has 5 unspecified atom stereocenters. The van der Waals surface area contributed by atoms with Gasteiger partial charge in [0, 0.05) is 6.42 Å². The zero-order valence-corrected chi connectivity index (χ0v) is 24.8. The van der Waals surface area contributed by atoms with Crippen LogP contribution < -0.4 is 5.32 Å². The Morgan fingerprint density at radius 1 is 0.744 bits per heavy atom. The van der Waals surface area contributed by atoms with Gasteiger partial charge in [0.15, 0.2) is 0 Å². The Labute approximate surface area is 252 Å². The first-order valence-electron chi connectivity index (χ1n) is 14.5. The average molecular weight is 592 g/mol. The molecule has 3 N–H and O–H groups in total. The average Bonchev–Trinajstić information content (AvgIpc) is 3.19. The van der Waals surface area contributed by atoms with Crippen molar-refractivity contribution in [2.75, 3.05) is 0 Å². The molecule has 0 spiro atoms. The van der Waals surface area contributed by atoms with Crippen molar-refractivity contribution < 1.29 is 38.7 Å². The van der Waals surface area contributed by atoms with Crippen molar-refractivity contribution in [2.45, 2.75) is 89.0 Å². The van der Waals surface area contributed by atoms with Gasteiger partial charge in [-0.25, -0.2) is 4.79 Å². The fourth-order valence-corrected chi connectivity index (χ4v) is 5.26. The first-order valence-corrected chi connectivity index (χ1v) is 14.5. The Kier molecular flexibility index (Phi) is 10.9. The van der Waals surface area contributed by atoms with Crippen LogP contribution >= 0.6 is 0 Å². The number of nitrogens with one attached hydrogen (secondary N) is 1. The maximum atomic E-state index is 13.1. The molecular formula is C34H41NO8. The van der Waals surface area contributed by atoms with Gasteiger partial charge in [0.25, 0.3) is 0 Å². The molecule has 0 aliphatic heterocycles. The van der Waals surface area contributed by atoms with E-state index in [9.17, 15) is 19.8 Å². The molecule has 43 heavy (non-hydrogen) atoms. The number of carboxylic acid groups (broad SMARTS) is 1. The molecule has 1 aliphatic rings. The maximum Gasteiger partial charge on any atom is 0.408 e. The highest BCUT2D eigenvalue weighted by Crippen LogP contribution is 2.41. The van der Waals surface area contributed by atoms with Crippen LogP contribution in [-0.2, 0) is 43.6 Å². The third-order valence-electron chi connectivity index (χ3n) is 7.24. The monoisotopic (exact) mass is 591 g/mol. The molecule has 0 heterocycles. The largest absolute Gasteiger partial charge is 0.481 e. The van der Waals surface area contributed by atoms with Crippen LogP contribution in [0.2, 0.25) is 0 Å². The molecule has 1 fully saturated rings. The van der Waals surface area contributed by atoms with Crippen molar-refractivity contribution in [3.63, 3.8) is 0 Å². The summed E-state index contributed by atoms with van der Waals surface area (Å²) < 4.78 is 24.8. The molecule has 0 bridgehead atoms. The summed E-state index contributed by atoms with van der Waals surface area (Å²) in [4.78, 5) is 24.9. The number of hydrogen-bond donors (Lipinski definition) is 3. The van der Waals surface area contributed by atoms with Crippen molar-refractivity contribution in [1.29, 1.82) is 0 Å². The molecule has 3 aromatic carbocycles. The Morgan fingerprint density at radius 2 is 1.19 bits per heavy atom. The first-order chi connectivity index (χ1) is 20.5. The standard InChI is InChI=1S/C34H41NO8/c1-33(2,3)43-32(38)35-30-28(40-21-24-13-7-4-8-14-24)29(41-22-25-15-9-5-10-16-25)31(34(30,39)20-19-27(36)37)42-23-26-17-11-6-12-18-26/h4-18,28-31,39H,19-23H2,1-3H3,(H,35,38)(H,36,37). The lowest BCUT2D eigenvalue weighted by molar-refractivity contribution is -0.162. The maximum absolute atomic E-state index is 13.1. The minimum Gasteiger partial charge on any atom is -0.481 e. The number of aliphatic carboxylic acids is 1. The predicted molar refractivity (Wildman–Crippen MR) is 160 cm³/mol. The van der Waals surface area contributed by atoms with Gasteiger partial charge in [-0.2, -0.15) is 0 Å². The molecule has 0 saturated heterocycles. The van der Waals surface area contributed by atoms with Gasteiger partial charge in [0.2, 0.25) is 0 Å². The van der Waals surface area contributed by atoms with E-state index in [1.165, 1.54) is 0 Å². The highest BCUT2D eigenvalue weighted by atomic mass is 16.6. The molecule has 1 amide bonds. The predicted octanol–water partition coefficient (Wildman–Crippen LogP) is 5.25. The number of aliphatic hydroxyl groups is 1. The Bertz CT molecular complexity index is 1300. The van der Waals surface area contributed by atoms with Gasteiger partial charge in [0.05, 0.1) is 25.9 Å². The third-order valence-corrected chi connectivity index (χ3v) is 7.24. The number of rotatable bonds is 13. The summed E-state index contributed by atoms with van der Waals surface area (Å²) >= 11 is 0. The summed E-state index contributed by atoms with van der Waals surface area (Å²) in [5.74, 6) is -1.10. The molecule has 9 heteroatoms. The molecule has 3 aromatic rings. The van der Waals surface area contributed by atoms with Crippen LogP contribution in [0.15, 0.2) is 91.0 Å². The van der Waals surface area contributed by atoms with Crippen molar-refractivity contribution in [3.05, 3.63) is 108 Å². The molecule has 0 radical (unpaired) electrons. The van der Waals surface area contributed by atoms with Crippen LogP contribution in [-0.4, -0.2) is 57.8 Å². The molecule has 230 valence electrons. The third kappa shape index (κ3) is 9.11. The lowest BCUT2D eigenvalue weighted by Crippen LogP contribution is -2.58. The Balaban J connectivity index is 1.73. The summed E-state index contributed by atoms with van der Waals surface area (Å²) in [5, 5.41) is 24.8. The van der Waals surface area contributed by atoms with E-state index in [1.54, 1.807) is 20.8 Å². The molecule has 1 aliphatic carbocycles. The molecule has 1 saturated carbocycles. The van der Waals surface area contributed by atoms with Crippen molar-refractivity contribution >= 4 is 12.1 Å². The smallest absolute Gasteiger partial charge is 0.408 e. The van der Waals surface area contributed by atoms with Crippen LogP contribution in [0.4, 0.5) is 4.79 Å². The number of carbonyl (C=O) groups excluding carboxylic acids is 1. The van der Waals surface area contributed by atoms with Gasteiger partial charge >= 0.3 is 12.1 Å². The fraction of sp³-hybridized carbons (Fsp3) is 0.412. The first kappa shape index (κ1) is 32.2. The fourth-order valence-electron chi connectivity index (χ4n) is 5.26. The van der Waals surface area contributed by atoms with E-state index in [2.05, 4.69) is 5.32 Å². The van der Waals surface area contributed by atoms with E-state index in [0.717, 1.165) is 16.7 Å². The number of alkyl carbamates (subject to hydrolysis) is 1. The molecular weight excluding hydrogens is 550 g/mol. The molecule has 5 atom stereocenters. The van der Waals surface area contributed by atoms with Gasteiger partial charge < -0.3 is 34.5 Å². The minimum absolute atomic E-state index is 0.122. The quantitative estimate of drug-likeness (QED) is 0.247. The number of amides is 1. The van der Waals surface area contributed by atoms with E-state index in [1.807, 2.05) is 91.0 Å². The number of carboxylic acids is 1. The zero-order valence-electron chi connectivity index (χ0n) is 24.8. The number of hydrogen-bond acceptors (Lipinski definition) is 7. The normalized spacial score (nSPS) is 23.5. The van der Waals surface area contributed by atoms with Crippen molar-refractivity contribution in [2.24, 2.45) is 0 Å². The van der Waals surface area contributed by atoms with Crippen LogP contribution in [0.1, 0.15) is 50.3 Å². The molecule has 4 rings (SSSR count). The lowest BCUT2D eigenvalue weighted by atomic mass is 9.89. The van der Waals surface area contributed by atoms with E-state index < -0.39 is 47.6 Å². The van der Waals surface area contributed by atoms with Gasteiger partial charge in [-0.1, -0.05) is 91.0 Å². The van der Waals surface area contributed by atoms with Crippen molar-refractivity contribution in [3.8, 4) is 0 Å². The summed E-state index contributed by atoms with van der Waals surface area (Å²) in [7, 11) is 0. The molecule has 9 nitrogen and oxygen atoms in total. The molecule has 0 aromatic heterocycles. The summed E-state index contributed by atoms with van der Waals surface area (Å²) in [6, 6.07) is 27.4. The van der Waals surface area contributed by atoms with Crippen LogP contribution in [0.3, 0.4) is 0 Å². The lowest BCUT2D eigenvalue weighted by Gasteiger charge is -2.36. The number of ether oxygens (including phenoxy) is 4. The zero-order chi connectivity index (χ0) is 30.9. The summed E-state index contributed by atoms with van der Waals surface area (Å²) in [6.45, 7) is 5.66. The highest BCUT2D eigenvalue weighted by molar-refractivity contribution is 5.69. The van der Waals surface area contributed by atoms with Gasteiger partial charge in [-0.3, -0.25) is 4.79 Å². The van der Waals surface area contributed by atoms with Crippen LogP contribution in [0.25, 0.3) is 0 Å². The Hall–Kier alpha value is -3.76. The van der Waals surface area contributed by atoms with Gasteiger partial charge in [-0.15, -0.1) is 0 Å². The van der Waals surface area contributed by atoms with E-state index in [-0.39, 0.29) is 32.7 Å². The van der Waals surface area contributed by atoms with E-state index in [0.29, 0.717) is 0 Å². The SMILES string of the molecule is CC(C)(C)OC(=O)NC1C(OCc2ccccc2)C(OCc2ccccc2)C(OCc2ccccc2)C1(O)CCC(=O)O. The minimum atomic E-state index is -1.88. The van der Waals surface area contributed by atoms with Gasteiger partial charge in [0.1, 0.15) is 29.5 Å².